The average molecular weight is 472 g/mol. The van der Waals surface area contributed by atoms with Crippen LogP contribution in [0.3, 0.4) is 0 Å². The summed E-state index contributed by atoms with van der Waals surface area (Å²) < 4.78 is 28.0. The molecule has 1 fully saturated rings. The summed E-state index contributed by atoms with van der Waals surface area (Å²) in [5, 5.41) is 9.87. The van der Waals surface area contributed by atoms with Crippen LogP contribution in [0.5, 0.6) is 5.75 Å². The van der Waals surface area contributed by atoms with Gasteiger partial charge in [0.2, 0.25) is 0 Å². The van der Waals surface area contributed by atoms with E-state index in [4.69, 9.17) is 9.47 Å². The maximum atomic E-state index is 14.3. The minimum Gasteiger partial charge on any atom is -0.493 e. The molecule has 3 aromatic rings. The van der Waals surface area contributed by atoms with Gasteiger partial charge in [0.15, 0.2) is 0 Å². The van der Waals surface area contributed by atoms with E-state index in [2.05, 4.69) is 29.6 Å². The number of benzene rings is 1. The van der Waals surface area contributed by atoms with Gasteiger partial charge < -0.3 is 19.1 Å². The fourth-order valence-corrected chi connectivity index (χ4v) is 4.50. The Hall–Kier alpha value is -2.78. The lowest BCUT2D eigenvalue weighted by Crippen LogP contribution is -2.22. The first-order chi connectivity index (χ1) is 15.7. The lowest BCUT2D eigenvalue weighted by Gasteiger charge is -2.17. The fourth-order valence-electron chi connectivity index (χ4n) is 3.75. The van der Waals surface area contributed by atoms with E-state index in [1.807, 2.05) is 0 Å². The zero-order valence-corrected chi connectivity index (χ0v) is 20.5. The van der Waals surface area contributed by atoms with Crippen LogP contribution < -0.4 is 4.74 Å². The van der Waals surface area contributed by atoms with Crippen LogP contribution in [0.2, 0.25) is 25.7 Å². The third-order valence-corrected chi connectivity index (χ3v) is 7.60. The first kappa shape index (κ1) is 23.4. The van der Waals surface area contributed by atoms with E-state index in [1.54, 1.807) is 17.6 Å². The minimum atomic E-state index is -1.28. The van der Waals surface area contributed by atoms with Gasteiger partial charge in [-0.1, -0.05) is 19.6 Å². The summed E-state index contributed by atoms with van der Waals surface area (Å²) in [4.78, 5) is 20.8. The Kier molecular flexibility index (Phi) is 6.53. The molecule has 0 unspecified atom stereocenters. The summed E-state index contributed by atoms with van der Waals surface area (Å²) in [6, 6.07) is 5.33. The number of nitrogens with zero attached hydrogens (tertiary/aromatic N) is 3. The molecule has 0 aliphatic heterocycles. The summed E-state index contributed by atoms with van der Waals surface area (Å²) >= 11 is 0. The maximum absolute atomic E-state index is 14.3. The van der Waals surface area contributed by atoms with Crippen LogP contribution in [0.4, 0.5) is 4.39 Å². The minimum absolute atomic E-state index is 0.0966. The summed E-state index contributed by atoms with van der Waals surface area (Å²) in [5.74, 6) is -0.453. The van der Waals surface area contributed by atoms with Crippen LogP contribution in [-0.2, 0) is 11.5 Å². The van der Waals surface area contributed by atoms with Gasteiger partial charge in [-0.2, -0.15) is 0 Å². The van der Waals surface area contributed by atoms with Crippen molar-refractivity contribution in [2.45, 2.75) is 52.2 Å². The highest BCUT2D eigenvalue weighted by Gasteiger charge is 2.27. The van der Waals surface area contributed by atoms with E-state index in [0.717, 1.165) is 18.9 Å². The molecule has 0 bridgehead atoms. The summed E-state index contributed by atoms with van der Waals surface area (Å²) in [6.45, 7) is 9.85. The number of carboxylic acids is 1. The van der Waals surface area contributed by atoms with Crippen LogP contribution >= 0.6 is 0 Å². The van der Waals surface area contributed by atoms with Gasteiger partial charge in [0.1, 0.15) is 41.4 Å². The highest BCUT2D eigenvalue weighted by molar-refractivity contribution is 6.76. The smallest absolute Gasteiger partial charge is 0.339 e. The molecular weight excluding hydrogens is 441 g/mol. The van der Waals surface area contributed by atoms with Gasteiger partial charge in [0, 0.05) is 25.9 Å². The molecule has 176 valence electrons. The second-order valence-electron chi connectivity index (χ2n) is 9.86. The van der Waals surface area contributed by atoms with Crippen molar-refractivity contribution in [1.29, 1.82) is 0 Å². The van der Waals surface area contributed by atoms with Gasteiger partial charge in [-0.3, -0.25) is 0 Å². The molecule has 7 nitrogen and oxygen atoms in total. The molecule has 33 heavy (non-hydrogen) atoms. The molecule has 1 saturated carbocycles. The van der Waals surface area contributed by atoms with E-state index in [9.17, 15) is 14.3 Å². The second kappa shape index (κ2) is 9.22. The van der Waals surface area contributed by atoms with E-state index in [1.165, 1.54) is 18.5 Å². The Morgan fingerprint density at radius 3 is 2.70 bits per heavy atom. The molecule has 0 saturated heterocycles. The largest absolute Gasteiger partial charge is 0.493 e. The highest BCUT2D eigenvalue weighted by atomic mass is 28.3. The molecule has 9 heteroatoms. The number of hydrogen-bond acceptors (Lipinski definition) is 5. The first-order valence-electron chi connectivity index (χ1n) is 11.2. The molecule has 1 aliphatic carbocycles. The SMILES string of the molecule is Cc1c(C(=O)O)c2ncnc(-c3cc(F)ccc3OCC3CC3)c2n1COCC[Si](C)(C)C. The highest BCUT2D eigenvalue weighted by Crippen LogP contribution is 2.38. The number of halogens is 1. The lowest BCUT2D eigenvalue weighted by molar-refractivity contribution is 0.0694. The Bertz CT molecular complexity index is 1180. The molecule has 1 N–H and O–H groups in total. The zero-order valence-electron chi connectivity index (χ0n) is 19.5. The van der Waals surface area contributed by atoms with Gasteiger partial charge in [0.25, 0.3) is 0 Å². The fraction of sp³-hybridized carbons (Fsp3) is 0.458. The van der Waals surface area contributed by atoms with Gasteiger partial charge in [-0.15, -0.1) is 0 Å². The molecule has 4 rings (SSSR count). The predicted octanol–water partition coefficient (Wildman–Crippen LogP) is 5.35. The number of carboxylic acid groups (broad SMARTS) is 1. The van der Waals surface area contributed by atoms with Crippen molar-refractivity contribution in [2.24, 2.45) is 5.92 Å². The molecule has 0 radical (unpaired) electrons. The van der Waals surface area contributed by atoms with Crippen LogP contribution in [-0.4, -0.2) is 46.9 Å². The number of fused-ring (bicyclic) bond motifs is 1. The summed E-state index contributed by atoms with van der Waals surface area (Å²) in [5.41, 5.74) is 2.32. The normalized spacial score (nSPS) is 14.1. The monoisotopic (exact) mass is 471 g/mol. The second-order valence-corrected chi connectivity index (χ2v) is 15.5. The molecule has 1 aromatic carbocycles. The van der Waals surface area contributed by atoms with Crippen molar-refractivity contribution >= 4 is 25.1 Å². The van der Waals surface area contributed by atoms with Crippen LogP contribution in [0.15, 0.2) is 24.5 Å². The summed E-state index contributed by atoms with van der Waals surface area (Å²) in [6.07, 6.45) is 3.58. The Morgan fingerprint density at radius 1 is 1.27 bits per heavy atom. The van der Waals surface area contributed by atoms with Gasteiger partial charge in [-0.05, 0) is 49.9 Å². The molecule has 1 aliphatic rings. The van der Waals surface area contributed by atoms with Gasteiger partial charge in [0.05, 0.1) is 12.1 Å². The maximum Gasteiger partial charge on any atom is 0.339 e. The molecule has 0 spiro atoms. The standard InChI is InChI=1S/C24H30FN3O4Si/c1-15-20(24(29)30)22-23(28(15)14-31-9-10-33(2,3)4)21(26-13-27-22)18-11-17(25)7-8-19(18)32-12-16-5-6-16/h7-8,11,13,16H,5-6,9-10,12,14H2,1-4H3,(H,29,30). The number of aromatic carboxylic acids is 1. The lowest BCUT2D eigenvalue weighted by atomic mass is 10.1. The summed E-state index contributed by atoms with van der Waals surface area (Å²) in [7, 11) is -1.28. The molecule has 0 amide bonds. The van der Waals surface area contributed by atoms with Crippen molar-refractivity contribution in [1.82, 2.24) is 14.5 Å². The van der Waals surface area contributed by atoms with E-state index in [0.29, 0.717) is 52.9 Å². The molecular formula is C24H30FN3O4Si. The van der Waals surface area contributed by atoms with E-state index >= 15 is 0 Å². The third-order valence-electron chi connectivity index (χ3n) is 5.89. The molecule has 0 atom stereocenters. The Balaban J connectivity index is 1.80. The van der Waals surface area contributed by atoms with Crippen molar-refractivity contribution < 1.29 is 23.8 Å². The van der Waals surface area contributed by atoms with Crippen LogP contribution in [0.1, 0.15) is 28.9 Å². The van der Waals surface area contributed by atoms with Gasteiger partial charge >= 0.3 is 5.97 Å². The van der Waals surface area contributed by atoms with E-state index < -0.39 is 19.9 Å². The Morgan fingerprint density at radius 2 is 2.03 bits per heavy atom. The first-order valence-corrected chi connectivity index (χ1v) is 14.9. The van der Waals surface area contributed by atoms with Crippen molar-refractivity contribution in [3.05, 3.63) is 41.6 Å². The Labute approximate surface area is 193 Å². The number of carbonyl (C=O) groups is 1. The van der Waals surface area contributed by atoms with Crippen LogP contribution in [0.25, 0.3) is 22.3 Å². The van der Waals surface area contributed by atoms with Crippen LogP contribution in [0, 0.1) is 18.7 Å². The third kappa shape index (κ3) is 5.25. The topological polar surface area (TPSA) is 86.5 Å². The molecule has 2 heterocycles. The number of ether oxygens (including phenoxy) is 2. The predicted molar refractivity (Wildman–Crippen MR) is 127 cm³/mol. The van der Waals surface area contributed by atoms with Crippen molar-refractivity contribution in [2.75, 3.05) is 13.2 Å². The number of hydrogen-bond donors (Lipinski definition) is 1. The van der Waals surface area contributed by atoms with Crippen molar-refractivity contribution in [3.63, 3.8) is 0 Å². The average Bonchev–Trinajstić information content (AvgIpc) is 3.52. The molecule has 2 aromatic heterocycles. The van der Waals surface area contributed by atoms with Crippen molar-refractivity contribution in [3.8, 4) is 17.0 Å². The number of rotatable bonds is 10. The number of aromatic nitrogens is 3. The quantitative estimate of drug-likeness (QED) is 0.317. The zero-order chi connectivity index (χ0) is 23.8. The van der Waals surface area contributed by atoms with Gasteiger partial charge in [-0.25, -0.2) is 19.2 Å². The van der Waals surface area contributed by atoms with E-state index in [-0.39, 0.29) is 12.3 Å².